The van der Waals surface area contributed by atoms with Crippen molar-refractivity contribution in [3.05, 3.63) is 47.3 Å². The molecule has 1 aromatic heterocycles. The van der Waals surface area contributed by atoms with E-state index in [2.05, 4.69) is 15.7 Å². The quantitative estimate of drug-likeness (QED) is 0.855. The first-order valence-electron chi connectivity index (χ1n) is 7.21. The number of nitrogens with one attached hydrogen (secondary N) is 2. The van der Waals surface area contributed by atoms with E-state index < -0.39 is 0 Å². The number of hydrogen-bond donors (Lipinski definition) is 2. The monoisotopic (exact) mass is 286 g/mol. The Morgan fingerprint density at radius 1 is 1.33 bits per heavy atom. The van der Waals surface area contributed by atoms with Crippen LogP contribution in [0.4, 0.5) is 5.69 Å². The Morgan fingerprint density at radius 3 is 2.81 bits per heavy atom. The largest absolute Gasteiger partial charge is 0.385 e. The van der Waals surface area contributed by atoms with Gasteiger partial charge in [-0.2, -0.15) is 5.10 Å². The molecule has 0 saturated carbocycles. The number of benzene rings is 1. The van der Waals surface area contributed by atoms with Crippen LogP contribution in [0.3, 0.4) is 0 Å². The maximum Gasteiger partial charge on any atom is 0.253 e. The van der Waals surface area contributed by atoms with Crippen molar-refractivity contribution in [2.45, 2.75) is 20.3 Å². The molecule has 1 amide bonds. The minimum atomic E-state index is -0.0480. The standard InChI is InChI=1S/C16H22N4O/c1-4-17-15-11-12(2)5-6-14(15)16(21)18-9-7-13-8-10-19-20(13)3/h5-6,8,10-11,17H,4,7,9H2,1-3H3,(H,18,21). The van der Waals surface area contributed by atoms with E-state index >= 15 is 0 Å². The van der Waals surface area contributed by atoms with Gasteiger partial charge in [-0.1, -0.05) is 6.07 Å². The maximum absolute atomic E-state index is 12.3. The summed E-state index contributed by atoms with van der Waals surface area (Å²) in [6.07, 6.45) is 2.53. The maximum atomic E-state index is 12.3. The second-order valence-corrected chi connectivity index (χ2v) is 5.03. The summed E-state index contributed by atoms with van der Waals surface area (Å²) in [4.78, 5) is 12.3. The molecule has 0 saturated heterocycles. The highest BCUT2D eigenvalue weighted by atomic mass is 16.1. The van der Waals surface area contributed by atoms with Crippen LogP contribution in [0.15, 0.2) is 30.5 Å². The molecule has 2 rings (SSSR count). The number of nitrogens with zero attached hydrogens (tertiary/aromatic N) is 2. The Labute approximate surface area is 125 Å². The molecule has 2 aromatic rings. The molecule has 0 spiro atoms. The first kappa shape index (κ1) is 15.1. The van der Waals surface area contributed by atoms with E-state index in [-0.39, 0.29) is 5.91 Å². The number of aromatic nitrogens is 2. The summed E-state index contributed by atoms with van der Waals surface area (Å²) in [7, 11) is 1.90. The number of rotatable bonds is 6. The predicted molar refractivity (Wildman–Crippen MR) is 84.6 cm³/mol. The number of hydrogen-bond acceptors (Lipinski definition) is 3. The molecule has 21 heavy (non-hydrogen) atoms. The Balaban J connectivity index is 1.98. The van der Waals surface area contributed by atoms with Gasteiger partial charge in [-0.15, -0.1) is 0 Å². The van der Waals surface area contributed by atoms with Gasteiger partial charge in [0.15, 0.2) is 0 Å². The van der Waals surface area contributed by atoms with Gasteiger partial charge in [0.25, 0.3) is 5.91 Å². The van der Waals surface area contributed by atoms with Crippen LogP contribution in [0.2, 0.25) is 0 Å². The Kier molecular flexibility index (Phi) is 4.98. The van der Waals surface area contributed by atoms with Crippen molar-refractivity contribution in [2.75, 3.05) is 18.4 Å². The second kappa shape index (κ2) is 6.92. The molecule has 0 atom stereocenters. The van der Waals surface area contributed by atoms with Gasteiger partial charge in [0, 0.05) is 44.1 Å². The summed E-state index contributed by atoms with van der Waals surface area (Å²) in [5, 5.41) is 10.3. The lowest BCUT2D eigenvalue weighted by Gasteiger charge is -2.12. The fraction of sp³-hybridized carbons (Fsp3) is 0.375. The third kappa shape index (κ3) is 3.84. The van der Waals surface area contributed by atoms with Gasteiger partial charge in [-0.05, 0) is 37.6 Å². The van der Waals surface area contributed by atoms with Gasteiger partial charge in [0.2, 0.25) is 0 Å². The van der Waals surface area contributed by atoms with Gasteiger partial charge in [0.1, 0.15) is 0 Å². The molecule has 1 aromatic carbocycles. The van der Waals surface area contributed by atoms with E-state index in [0.717, 1.165) is 29.9 Å². The van der Waals surface area contributed by atoms with Crippen LogP contribution < -0.4 is 10.6 Å². The minimum Gasteiger partial charge on any atom is -0.385 e. The zero-order valence-electron chi connectivity index (χ0n) is 12.8. The normalized spacial score (nSPS) is 10.4. The third-order valence-corrected chi connectivity index (χ3v) is 3.38. The first-order chi connectivity index (χ1) is 10.1. The summed E-state index contributed by atoms with van der Waals surface area (Å²) in [6.45, 7) is 5.42. The van der Waals surface area contributed by atoms with Crippen LogP contribution in [-0.4, -0.2) is 28.8 Å². The van der Waals surface area contributed by atoms with Gasteiger partial charge < -0.3 is 10.6 Å². The van der Waals surface area contributed by atoms with Crippen LogP contribution in [0.25, 0.3) is 0 Å². The Morgan fingerprint density at radius 2 is 2.14 bits per heavy atom. The summed E-state index contributed by atoms with van der Waals surface area (Å²) in [5.74, 6) is -0.0480. The van der Waals surface area contributed by atoms with E-state index in [1.165, 1.54) is 0 Å². The average molecular weight is 286 g/mol. The van der Waals surface area contributed by atoms with Crippen molar-refractivity contribution in [1.29, 1.82) is 0 Å². The van der Waals surface area contributed by atoms with Crippen molar-refractivity contribution in [3.63, 3.8) is 0 Å². The number of aryl methyl sites for hydroxylation is 2. The molecule has 0 aliphatic rings. The van der Waals surface area contributed by atoms with Crippen LogP contribution in [-0.2, 0) is 13.5 Å². The lowest BCUT2D eigenvalue weighted by atomic mass is 10.1. The van der Waals surface area contributed by atoms with E-state index in [1.54, 1.807) is 6.20 Å². The molecule has 1 heterocycles. The molecule has 112 valence electrons. The van der Waals surface area contributed by atoms with Crippen LogP contribution in [0, 0.1) is 6.92 Å². The number of carbonyl (C=O) groups is 1. The van der Waals surface area contributed by atoms with E-state index in [9.17, 15) is 4.79 Å². The molecule has 0 bridgehead atoms. The molecule has 0 unspecified atom stereocenters. The highest BCUT2D eigenvalue weighted by Crippen LogP contribution is 2.17. The average Bonchev–Trinajstić information content (AvgIpc) is 2.85. The summed E-state index contributed by atoms with van der Waals surface area (Å²) in [5.41, 5.74) is 3.81. The number of carbonyl (C=O) groups excluding carboxylic acids is 1. The molecular weight excluding hydrogens is 264 g/mol. The summed E-state index contributed by atoms with van der Waals surface area (Å²) >= 11 is 0. The van der Waals surface area contributed by atoms with Gasteiger partial charge in [-0.3, -0.25) is 9.48 Å². The topological polar surface area (TPSA) is 59.0 Å². The van der Waals surface area contributed by atoms with Gasteiger partial charge in [0.05, 0.1) is 5.56 Å². The second-order valence-electron chi connectivity index (χ2n) is 5.03. The van der Waals surface area contributed by atoms with E-state index in [0.29, 0.717) is 12.1 Å². The number of amides is 1. The van der Waals surface area contributed by atoms with Crippen molar-refractivity contribution < 1.29 is 4.79 Å². The van der Waals surface area contributed by atoms with Crippen molar-refractivity contribution >= 4 is 11.6 Å². The molecule has 0 aliphatic heterocycles. The molecule has 5 heteroatoms. The van der Waals surface area contributed by atoms with Crippen LogP contribution in [0.5, 0.6) is 0 Å². The zero-order valence-corrected chi connectivity index (χ0v) is 12.8. The molecular formula is C16H22N4O. The fourth-order valence-electron chi connectivity index (χ4n) is 2.24. The highest BCUT2D eigenvalue weighted by Gasteiger charge is 2.11. The lowest BCUT2D eigenvalue weighted by Crippen LogP contribution is -2.27. The molecule has 0 aliphatic carbocycles. The number of anilines is 1. The smallest absolute Gasteiger partial charge is 0.253 e. The van der Waals surface area contributed by atoms with Crippen molar-refractivity contribution in [2.24, 2.45) is 7.05 Å². The van der Waals surface area contributed by atoms with E-state index in [4.69, 9.17) is 0 Å². The summed E-state index contributed by atoms with van der Waals surface area (Å²) < 4.78 is 1.82. The SMILES string of the molecule is CCNc1cc(C)ccc1C(=O)NCCc1ccnn1C. The lowest BCUT2D eigenvalue weighted by molar-refractivity contribution is 0.0954. The molecule has 5 nitrogen and oxygen atoms in total. The molecule has 2 N–H and O–H groups in total. The fourth-order valence-corrected chi connectivity index (χ4v) is 2.24. The summed E-state index contributed by atoms with van der Waals surface area (Å²) in [6, 6.07) is 7.78. The zero-order chi connectivity index (χ0) is 15.2. The molecule has 0 fully saturated rings. The van der Waals surface area contributed by atoms with Crippen molar-refractivity contribution in [3.8, 4) is 0 Å². The minimum absolute atomic E-state index is 0.0480. The highest BCUT2D eigenvalue weighted by molar-refractivity contribution is 5.99. The predicted octanol–water partition coefficient (Wildman–Crippen LogP) is 2.13. The Hall–Kier alpha value is -2.30. The van der Waals surface area contributed by atoms with Gasteiger partial charge >= 0.3 is 0 Å². The third-order valence-electron chi connectivity index (χ3n) is 3.38. The van der Waals surface area contributed by atoms with Crippen molar-refractivity contribution in [1.82, 2.24) is 15.1 Å². The molecule has 0 radical (unpaired) electrons. The van der Waals surface area contributed by atoms with Crippen LogP contribution in [0.1, 0.15) is 28.5 Å². The van der Waals surface area contributed by atoms with E-state index in [1.807, 2.05) is 49.8 Å². The van der Waals surface area contributed by atoms with Gasteiger partial charge in [-0.25, -0.2) is 0 Å². The van der Waals surface area contributed by atoms with Crippen LogP contribution >= 0.6 is 0 Å². The first-order valence-corrected chi connectivity index (χ1v) is 7.21. The Bertz CT molecular complexity index is 618.